The Morgan fingerprint density at radius 3 is 2.54 bits per heavy atom. The van der Waals surface area contributed by atoms with Crippen LogP contribution in [0.2, 0.25) is 0 Å². The number of nitrogens with zero attached hydrogens (tertiary/aromatic N) is 2. The molecule has 1 heterocycles. The zero-order valence-corrected chi connectivity index (χ0v) is 12.5. The molecule has 5 heteroatoms. The van der Waals surface area contributed by atoms with Crippen LogP contribution < -0.4 is 0 Å². The van der Waals surface area contributed by atoms with Crippen LogP contribution in [0.3, 0.4) is 0 Å². The maximum absolute atomic E-state index is 11.1. The van der Waals surface area contributed by atoms with Gasteiger partial charge in [-0.2, -0.15) is 0 Å². The summed E-state index contributed by atoms with van der Waals surface area (Å²) < 4.78 is 0. The lowest BCUT2D eigenvalue weighted by atomic mass is 9.99. The number of phenols is 1. The molecule has 0 atom stereocenters. The molecule has 24 heavy (non-hydrogen) atoms. The van der Waals surface area contributed by atoms with E-state index in [0.717, 1.165) is 21.7 Å². The molecule has 4 rings (SSSR count). The molecule has 0 amide bonds. The molecule has 0 bridgehead atoms. The lowest BCUT2D eigenvalue weighted by Crippen LogP contribution is -1.92. The molecule has 0 saturated carbocycles. The Morgan fingerprint density at radius 2 is 1.71 bits per heavy atom. The van der Waals surface area contributed by atoms with Gasteiger partial charge in [0.25, 0.3) is 5.69 Å². The summed E-state index contributed by atoms with van der Waals surface area (Å²) in [4.78, 5) is 15.3. The molecule has 1 aromatic heterocycles. The third-order valence-corrected chi connectivity index (χ3v) is 4.02. The number of phenolic OH excluding ortho intramolecular Hbond substituents is 1. The molecule has 5 nitrogen and oxygen atoms in total. The summed E-state index contributed by atoms with van der Waals surface area (Å²) in [5.74, 6) is 0.170. The highest BCUT2D eigenvalue weighted by Crippen LogP contribution is 2.35. The number of rotatable bonds is 2. The number of hydrogen-bond acceptors (Lipinski definition) is 4. The third kappa shape index (κ3) is 2.23. The van der Waals surface area contributed by atoms with Crippen molar-refractivity contribution < 1.29 is 10.0 Å². The number of pyridine rings is 1. The number of aromatic nitrogens is 1. The molecular weight excluding hydrogens is 304 g/mol. The monoisotopic (exact) mass is 316 g/mol. The fourth-order valence-corrected chi connectivity index (χ4v) is 2.93. The minimum absolute atomic E-state index is 0.0226. The van der Waals surface area contributed by atoms with Gasteiger partial charge in [0.05, 0.1) is 16.1 Å². The van der Waals surface area contributed by atoms with Crippen LogP contribution in [0.15, 0.2) is 66.7 Å². The van der Waals surface area contributed by atoms with Crippen LogP contribution >= 0.6 is 0 Å². The normalized spacial score (nSPS) is 11.0. The summed E-state index contributed by atoms with van der Waals surface area (Å²) in [7, 11) is 0. The second-order valence-electron chi connectivity index (χ2n) is 5.51. The molecule has 0 aliphatic heterocycles. The Labute approximate surface area is 137 Å². The van der Waals surface area contributed by atoms with Crippen molar-refractivity contribution in [3.8, 4) is 17.0 Å². The number of hydrogen-bond donors (Lipinski definition) is 1. The standard InChI is InChI=1S/C19H12N2O3/c22-14-8-9-16-17(11-14)15-6-1-2-7-18(15)20-19(16)12-4-3-5-13(10-12)21(23)24/h1-11,22H. The highest BCUT2D eigenvalue weighted by molar-refractivity contribution is 6.11. The smallest absolute Gasteiger partial charge is 0.270 e. The fourth-order valence-electron chi connectivity index (χ4n) is 2.93. The van der Waals surface area contributed by atoms with Crippen LogP contribution in [0.25, 0.3) is 32.9 Å². The number of nitro benzene ring substituents is 1. The average Bonchev–Trinajstić information content (AvgIpc) is 2.61. The molecule has 0 spiro atoms. The molecule has 0 fully saturated rings. The van der Waals surface area contributed by atoms with Gasteiger partial charge in [0.15, 0.2) is 0 Å². The highest BCUT2D eigenvalue weighted by atomic mass is 16.6. The van der Waals surface area contributed by atoms with Crippen molar-refractivity contribution in [1.82, 2.24) is 4.98 Å². The molecule has 0 radical (unpaired) electrons. The maximum Gasteiger partial charge on any atom is 0.270 e. The second kappa shape index (κ2) is 5.31. The van der Waals surface area contributed by atoms with Crippen molar-refractivity contribution in [1.29, 1.82) is 0 Å². The van der Waals surface area contributed by atoms with Gasteiger partial charge in [-0.05, 0) is 29.7 Å². The molecule has 0 aliphatic carbocycles. The first-order chi connectivity index (χ1) is 11.6. The summed E-state index contributed by atoms with van der Waals surface area (Å²) >= 11 is 0. The van der Waals surface area contributed by atoms with Gasteiger partial charge in [-0.25, -0.2) is 4.98 Å². The lowest BCUT2D eigenvalue weighted by Gasteiger charge is -2.10. The van der Waals surface area contributed by atoms with E-state index in [1.165, 1.54) is 12.1 Å². The quantitative estimate of drug-likeness (QED) is 0.331. The van der Waals surface area contributed by atoms with Crippen LogP contribution in [0.4, 0.5) is 5.69 Å². The van der Waals surface area contributed by atoms with Crippen LogP contribution in [0, 0.1) is 10.1 Å². The Balaban J connectivity index is 2.11. The number of fused-ring (bicyclic) bond motifs is 3. The van der Waals surface area contributed by atoms with Gasteiger partial charge >= 0.3 is 0 Å². The van der Waals surface area contributed by atoms with E-state index in [4.69, 9.17) is 4.98 Å². The van der Waals surface area contributed by atoms with Gasteiger partial charge in [-0.1, -0.05) is 30.3 Å². The summed E-state index contributed by atoms with van der Waals surface area (Å²) in [6.45, 7) is 0. The molecule has 116 valence electrons. The summed E-state index contributed by atoms with van der Waals surface area (Å²) in [6.07, 6.45) is 0. The molecule has 1 N–H and O–H groups in total. The molecular formula is C19H12N2O3. The van der Waals surface area contributed by atoms with Crippen LogP contribution in [0.5, 0.6) is 5.75 Å². The lowest BCUT2D eigenvalue weighted by molar-refractivity contribution is -0.384. The van der Waals surface area contributed by atoms with Gasteiger partial charge in [-0.3, -0.25) is 10.1 Å². The predicted molar refractivity (Wildman–Crippen MR) is 93.0 cm³/mol. The van der Waals surface area contributed by atoms with Gasteiger partial charge in [0.1, 0.15) is 5.75 Å². The molecule has 0 unspecified atom stereocenters. The first kappa shape index (κ1) is 14.1. The number of para-hydroxylation sites is 1. The number of non-ortho nitro benzene ring substituents is 1. The maximum atomic E-state index is 11.1. The van der Waals surface area contributed by atoms with Gasteiger partial charge < -0.3 is 5.11 Å². The molecule has 0 saturated heterocycles. The van der Waals surface area contributed by atoms with E-state index in [9.17, 15) is 15.2 Å². The van der Waals surface area contributed by atoms with Crippen LogP contribution in [-0.2, 0) is 0 Å². The Hall–Kier alpha value is -3.47. The minimum Gasteiger partial charge on any atom is -0.508 e. The zero-order chi connectivity index (χ0) is 16.7. The van der Waals surface area contributed by atoms with Crippen molar-refractivity contribution in [3.63, 3.8) is 0 Å². The largest absolute Gasteiger partial charge is 0.508 e. The summed E-state index contributed by atoms with van der Waals surface area (Å²) in [5.41, 5.74) is 2.13. The minimum atomic E-state index is -0.418. The first-order valence-electron chi connectivity index (χ1n) is 7.40. The zero-order valence-electron chi connectivity index (χ0n) is 12.5. The van der Waals surface area contributed by atoms with E-state index in [2.05, 4.69) is 0 Å². The Kier molecular flexibility index (Phi) is 3.13. The third-order valence-electron chi connectivity index (χ3n) is 4.02. The predicted octanol–water partition coefficient (Wildman–Crippen LogP) is 4.67. The van der Waals surface area contributed by atoms with Crippen molar-refractivity contribution in [2.24, 2.45) is 0 Å². The SMILES string of the molecule is O=[N+]([O-])c1cccc(-c2nc3ccccc3c3cc(O)ccc23)c1. The molecule has 0 aliphatic rings. The summed E-state index contributed by atoms with van der Waals surface area (Å²) in [5, 5.41) is 23.5. The van der Waals surface area contributed by atoms with E-state index in [0.29, 0.717) is 11.3 Å². The van der Waals surface area contributed by atoms with Crippen molar-refractivity contribution in [2.75, 3.05) is 0 Å². The van der Waals surface area contributed by atoms with Crippen molar-refractivity contribution in [3.05, 3.63) is 76.8 Å². The number of benzene rings is 3. The van der Waals surface area contributed by atoms with Gasteiger partial charge in [0.2, 0.25) is 0 Å². The van der Waals surface area contributed by atoms with Gasteiger partial charge in [-0.15, -0.1) is 0 Å². The first-order valence-corrected chi connectivity index (χ1v) is 7.40. The van der Waals surface area contributed by atoms with Crippen LogP contribution in [0.1, 0.15) is 0 Å². The Morgan fingerprint density at radius 1 is 0.875 bits per heavy atom. The topological polar surface area (TPSA) is 76.3 Å². The van der Waals surface area contributed by atoms with E-state index in [1.54, 1.807) is 30.3 Å². The number of nitro groups is 1. The number of aromatic hydroxyl groups is 1. The van der Waals surface area contributed by atoms with Crippen molar-refractivity contribution in [2.45, 2.75) is 0 Å². The van der Waals surface area contributed by atoms with Crippen molar-refractivity contribution >= 4 is 27.4 Å². The molecule has 3 aromatic carbocycles. The Bertz CT molecular complexity index is 1110. The van der Waals surface area contributed by atoms with Gasteiger partial charge in [0, 0.05) is 28.5 Å². The highest BCUT2D eigenvalue weighted by Gasteiger charge is 2.13. The van der Waals surface area contributed by atoms with E-state index < -0.39 is 4.92 Å². The second-order valence-corrected chi connectivity index (χ2v) is 5.51. The van der Waals surface area contributed by atoms with Crippen LogP contribution in [-0.4, -0.2) is 15.0 Å². The van der Waals surface area contributed by atoms with E-state index in [1.807, 2.05) is 24.3 Å². The van der Waals surface area contributed by atoms with E-state index in [-0.39, 0.29) is 11.4 Å². The average molecular weight is 316 g/mol. The summed E-state index contributed by atoms with van der Waals surface area (Å²) in [6, 6.07) is 19.1. The molecule has 4 aromatic rings. The fraction of sp³-hybridized carbons (Fsp3) is 0. The van der Waals surface area contributed by atoms with E-state index >= 15 is 0 Å².